The average molecular weight is 411 g/mol. The van der Waals surface area contributed by atoms with Gasteiger partial charge in [0.1, 0.15) is 11.5 Å². The van der Waals surface area contributed by atoms with Gasteiger partial charge in [0.15, 0.2) is 12.7 Å². The van der Waals surface area contributed by atoms with Crippen LogP contribution in [0.15, 0.2) is 42.5 Å². The summed E-state index contributed by atoms with van der Waals surface area (Å²) in [5, 5.41) is 2.85. The maximum atomic E-state index is 12.6. The molecule has 1 N–H and O–H groups in total. The second-order valence-electron chi connectivity index (χ2n) is 7.48. The van der Waals surface area contributed by atoms with E-state index in [0.717, 1.165) is 31.2 Å². The molecule has 0 aliphatic carbocycles. The highest BCUT2D eigenvalue weighted by Gasteiger charge is 2.31. The number of nitrogens with zero attached hydrogens (tertiary/aromatic N) is 1. The normalized spacial score (nSPS) is 15.4. The Kier molecular flexibility index (Phi) is 7.33. The van der Waals surface area contributed by atoms with Crippen LogP contribution in [0, 0.1) is 0 Å². The van der Waals surface area contributed by atoms with Crippen molar-refractivity contribution in [2.75, 3.05) is 23.4 Å². The Labute approximate surface area is 178 Å². The molecule has 160 valence electrons. The first-order valence-corrected chi connectivity index (χ1v) is 10.7. The van der Waals surface area contributed by atoms with E-state index in [1.165, 1.54) is 0 Å². The van der Waals surface area contributed by atoms with Gasteiger partial charge in [-0.3, -0.25) is 9.59 Å². The third-order valence-electron chi connectivity index (χ3n) is 5.11. The van der Waals surface area contributed by atoms with Crippen LogP contribution in [-0.4, -0.2) is 31.1 Å². The molecule has 0 bridgehead atoms. The molecule has 1 atom stereocenters. The molecule has 1 heterocycles. The van der Waals surface area contributed by atoms with Crippen LogP contribution in [0.4, 0.5) is 11.4 Å². The Bertz CT molecular complexity index is 897. The minimum Gasteiger partial charge on any atom is -0.484 e. The third-order valence-corrected chi connectivity index (χ3v) is 5.11. The Balaban J connectivity index is 1.66. The molecule has 0 spiro atoms. The van der Waals surface area contributed by atoms with Crippen molar-refractivity contribution in [3.8, 4) is 11.5 Å². The molecule has 6 nitrogen and oxygen atoms in total. The number of nitrogens with one attached hydrogen (secondary N) is 1. The Morgan fingerprint density at radius 2 is 2.00 bits per heavy atom. The molecule has 0 saturated heterocycles. The fourth-order valence-electron chi connectivity index (χ4n) is 3.44. The van der Waals surface area contributed by atoms with E-state index in [-0.39, 0.29) is 18.4 Å². The van der Waals surface area contributed by atoms with Crippen LogP contribution in [0.5, 0.6) is 11.5 Å². The molecule has 0 radical (unpaired) electrons. The molecule has 2 amide bonds. The first kappa shape index (κ1) is 21.7. The van der Waals surface area contributed by atoms with Crippen LogP contribution in [0.25, 0.3) is 0 Å². The lowest BCUT2D eigenvalue weighted by molar-refractivity contribution is -0.125. The number of aryl methyl sites for hydroxylation is 1. The Morgan fingerprint density at radius 1 is 1.17 bits per heavy atom. The number of amides is 2. The van der Waals surface area contributed by atoms with Gasteiger partial charge in [0.25, 0.3) is 11.8 Å². The number of anilines is 2. The van der Waals surface area contributed by atoms with E-state index >= 15 is 0 Å². The molecule has 1 aliphatic rings. The van der Waals surface area contributed by atoms with Crippen molar-refractivity contribution in [1.29, 1.82) is 0 Å². The molecule has 3 rings (SSSR count). The van der Waals surface area contributed by atoms with E-state index in [9.17, 15) is 9.59 Å². The van der Waals surface area contributed by atoms with Gasteiger partial charge in [-0.25, -0.2) is 0 Å². The number of ether oxygens (including phenoxy) is 2. The number of rotatable bonds is 9. The fraction of sp³-hybridized carbons (Fsp3) is 0.417. The lowest BCUT2D eigenvalue weighted by atomic mass is 10.1. The maximum absolute atomic E-state index is 12.6. The van der Waals surface area contributed by atoms with E-state index in [4.69, 9.17) is 9.47 Å². The van der Waals surface area contributed by atoms with Crippen molar-refractivity contribution in [1.82, 2.24) is 0 Å². The molecule has 30 heavy (non-hydrogen) atoms. The van der Waals surface area contributed by atoms with Gasteiger partial charge < -0.3 is 19.7 Å². The monoisotopic (exact) mass is 410 g/mol. The lowest BCUT2D eigenvalue weighted by Crippen LogP contribution is -2.44. The predicted octanol–water partition coefficient (Wildman–Crippen LogP) is 4.57. The zero-order chi connectivity index (χ0) is 21.5. The van der Waals surface area contributed by atoms with E-state index < -0.39 is 6.10 Å². The SMILES string of the molecule is CCCCCN1C(=O)C(C)Oc2ccc(NC(=O)COc3cccc(CC)c3)cc21. The maximum Gasteiger partial charge on any atom is 0.267 e. The quantitative estimate of drug-likeness (QED) is 0.615. The summed E-state index contributed by atoms with van der Waals surface area (Å²) in [6, 6.07) is 13.1. The topological polar surface area (TPSA) is 67.9 Å². The largest absolute Gasteiger partial charge is 0.484 e. The van der Waals surface area contributed by atoms with Gasteiger partial charge in [0.2, 0.25) is 0 Å². The number of benzene rings is 2. The summed E-state index contributed by atoms with van der Waals surface area (Å²) in [5.74, 6) is 1.02. The van der Waals surface area contributed by atoms with E-state index in [1.807, 2.05) is 24.3 Å². The highest BCUT2D eigenvalue weighted by atomic mass is 16.5. The summed E-state index contributed by atoms with van der Waals surface area (Å²) in [7, 11) is 0. The highest BCUT2D eigenvalue weighted by Crippen LogP contribution is 2.36. The summed E-state index contributed by atoms with van der Waals surface area (Å²) in [6.45, 7) is 6.52. The molecule has 0 fully saturated rings. The third kappa shape index (κ3) is 5.32. The molecule has 6 heteroatoms. The van der Waals surface area contributed by atoms with Gasteiger partial charge >= 0.3 is 0 Å². The van der Waals surface area contributed by atoms with E-state index in [2.05, 4.69) is 19.2 Å². The van der Waals surface area contributed by atoms with Gasteiger partial charge in [-0.05, 0) is 55.7 Å². The van der Waals surface area contributed by atoms with Crippen molar-refractivity contribution in [2.45, 2.75) is 52.6 Å². The molecule has 2 aromatic carbocycles. The summed E-state index contributed by atoms with van der Waals surface area (Å²) >= 11 is 0. The van der Waals surface area contributed by atoms with Crippen LogP contribution in [0.2, 0.25) is 0 Å². The smallest absolute Gasteiger partial charge is 0.267 e. The summed E-state index contributed by atoms with van der Waals surface area (Å²) in [5.41, 5.74) is 2.46. The fourth-order valence-corrected chi connectivity index (χ4v) is 3.44. The molecule has 1 aliphatic heterocycles. The molecule has 1 unspecified atom stereocenters. The van der Waals surface area contributed by atoms with Crippen LogP contribution in [0.1, 0.15) is 45.6 Å². The van der Waals surface area contributed by atoms with Crippen molar-refractivity contribution in [3.63, 3.8) is 0 Å². The van der Waals surface area contributed by atoms with Crippen molar-refractivity contribution < 1.29 is 19.1 Å². The van der Waals surface area contributed by atoms with E-state index in [0.29, 0.717) is 29.4 Å². The summed E-state index contributed by atoms with van der Waals surface area (Å²) < 4.78 is 11.4. The molecular weight excluding hydrogens is 380 g/mol. The van der Waals surface area contributed by atoms with Crippen molar-refractivity contribution in [3.05, 3.63) is 48.0 Å². The van der Waals surface area contributed by atoms with Gasteiger partial charge in [-0.15, -0.1) is 0 Å². The second-order valence-corrected chi connectivity index (χ2v) is 7.48. The Morgan fingerprint density at radius 3 is 2.77 bits per heavy atom. The van der Waals surface area contributed by atoms with Gasteiger partial charge in [-0.1, -0.05) is 38.8 Å². The van der Waals surface area contributed by atoms with Crippen LogP contribution < -0.4 is 19.7 Å². The number of fused-ring (bicyclic) bond motifs is 1. The zero-order valence-electron chi connectivity index (χ0n) is 17.9. The van der Waals surface area contributed by atoms with Crippen LogP contribution >= 0.6 is 0 Å². The molecule has 2 aromatic rings. The van der Waals surface area contributed by atoms with Gasteiger partial charge in [0.05, 0.1) is 5.69 Å². The minimum atomic E-state index is -0.508. The minimum absolute atomic E-state index is 0.0544. The van der Waals surface area contributed by atoms with Crippen LogP contribution in [0.3, 0.4) is 0 Å². The average Bonchev–Trinajstić information content (AvgIpc) is 2.75. The number of unbranched alkanes of at least 4 members (excludes halogenated alkanes) is 2. The molecule has 0 saturated carbocycles. The lowest BCUT2D eigenvalue weighted by Gasteiger charge is -2.33. The zero-order valence-corrected chi connectivity index (χ0v) is 17.9. The molecular formula is C24H30N2O4. The summed E-state index contributed by atoms with van der Waals surface area (Å²) in [6.07, 6.45) is 3.47. The standard InChI is InChI=1S/C24H30N2O4/c1-4-6-7-13-26-21-15-19(11-12-22(21)30-17(3)24(26)28)25-23(27)16-29-20-10-8-9-18(5-2)14-20/h8-12,14-15,17H,4-7,13,16H2,1-3H3,(H,25,27). The number of hydrogen-bond donors (Lipinski definition) is 1. The summed E-state index contributed by atoms with van der Waals surface area (Å²) in [4.78, 5) is 26.8. The Hall–Kier alpha value is -3.02. The van der Waals surface area contributed by atoms with Crippen molar-refractivity contribution >= 4 is 23.2 Å². The number of hydrogen-bond acceptors (Lipinski definition) is 4. The van der Waals surface area contributed by atoms with Gasteiger partial charge in [-0.2, -0.15) is 0 Å². The van der Waals surface area contributed by atoms with E-state index in [1.54, 1.807) is 30.0 Å². The molecule has 0 aromatic heterocycles. The van der Waals surface area contributed by atoms with Crippen molar-refractivity contribution in [2.24, 2.45) is 0 Å². The van der Waals surface area contributed by atoms with Gasteiger partial charge in [0, 0.05) is 12.2 Å². The second kappa shape index (κ2) is 10.1. The highest BCUT2D eigenvalue weighted by molar-refractivity contribution is 6.01. The first-order valence-electron chi connectivity index (χ1n) is 10.7. The van der Waals surface area contributed by atoms with Crippen LogP contribution in [-0.2, 0) is 16.0 Å². The number of carbonyl (C=O) groups is 2. The first-order chi connectivity index (χ1) is 14.5. The number of carbonyl (C=O) groups excluding carboxylic acids is 2. The predicted molar refractivity (Wildman–Crippen MR) is 118 cm³/mol.